The van der Waals surface area contributed by atoms with Gasteiger partial charge in [-0.1, -0.05) is 20.3 Å². The van der Waals surface area contributed by atoms with E-state index in [1.54, 1.807) is 0 Å². The van der Waals surface area contributed by atoms with Gasteiger partial charge in [0.25, 0.3) is 0 Å². The van der Waals surface area contributed by atoms with Crippen LogP contribution in [0.4, 0.5) is 4.79 Å². The third-order valence-electron chi connectivity index (χ3n) is 4.79. The fraction of sp³-hybridized carbons (Fsp3) is 0.857. The Balaban J connectivity index is 1.66. The van der Waals surface area contributed by atoms with Crippen LogP contribution in [0.5, 0.6) is 0 Å². The standard InChI is InChI=1S/C14H24N2O3/c1-13(2)6-10(13)8-15-12(19)16-9-14(4-3-5-14)7-11(17)18/h10H,3-9H2,1-2H3,(H,17,18)(H2,15,16,19). The summed E-state index contributed by atoms with van der Waals surface area (Å²) in [5, 5.41) is 14.6. The Hall–Kier alpha value is -1.26. The lowest BCUT2D eigenvalue weighted by atomic mass is 9.66. The molecule has 0 spiro atoms. The molecule has 0 aromatic heterocycles. The van der Waals surface area contributed by atoms with Gasteiger partial charge in [-0.15, -0.1) is 0 Å². The maximum atomic E-state index is 11.7. The number of urea groups is 1. The lowest BCUT2D eigenvalue weighted by Crippen LogP contribution is -2.47. The quantitative estimate of drug-likeness (QED) is 0.689. The Morgan fingerprint density at radius 1 is 1.26 bits per heavy atom. The van der Waals surface area contributed by atoms with Crippen molar-refractivity contribution < 1.29 is 14.7 Å². The minimum Gasteiger partial charge on any atom is -0.481 e. The van der Waals surface area contributed by atoms with Crippen molar-refractivity contribution in [2.45, 2.75) is 46.0 Å². The SMILES string of the molecule is CC1(C)CC1CNC(=O)NCC1(CC(=O)O)CCC1. The second-order valence-electron chi connectivity index (χ2n) is 6.88. The van der Waals surface area contributed by atoms with Crippen LogP contribution in [-0.2, 0) is 4.79 Å². The van der Waals surface area contributed by atoms with Crippen molar-refractivity contribution in [1.29, 1.82) is 0 Å². The summed E-state index contributed by atoms with van der Waals surface area (Å²) in [6, 6.07) is -0.167. The van der Waals surface area contributed by atoms with E-state index in [9.17, 15) is 9.59 Å². The Morgan fingerprint density at radius 3 is 2.32 bits per heavy atom. The van der Waals surface area contributed by atoms with Gasteiger partial charge in [0.05, 0.1) is 6.42 Å². The van der Waals surface area contributed by atoms with E-state index in [2.05, 4.69) is 24.5 Å². The van der Waals surface area contributed by atoms with E-state index in [4.69, 9.17) is 5.11 Å². The van der Waals surface area contributed by atoms with Crippen LogP contribution in [0.3, 0.4) is 0 Å². The molecule has 0 aromatic carbocycles. The van der Waals surface area contributed by atoms with E-state index < -0.39 is 5.97 Å². The predicted molar refractivity (Wildman–Crippen MR) is 71.8 cm³/mol. The minimum atomic E-state index is -0.776. The first-order valence-electron chi connectivity index (χ1n) is 7.07. The summed E-state index contributed by atoms with van der Waals surface area (Å²) in [5.74, 6) is -0.198. The van der Waals surface area contributed by atoms with E-state index in [1.165, 1.54) is 0 Å². The number of hydrogen-bond acceptors (Lipinski definition) is 2. The van der Waals surface area contributed by atoms with Crippen molar-refractivity contribution in [1.82, 2.24) is 10.6 Å². The number of hydrogen-bond donors (Lipinski definition) is 3. The highest BCUT2D eigenvalue weighted by molar-refractivity contribution is 5.74. The molecule has 108 valence electrons. The molecule has 0 radical (unpaired) electrons. The van der Waals surface area contributed by atoms with Gasteiger partial charge >= 0.3 is 12.0 Å². The largest absolute Gasteiger partial charge is 0.481 e. The van der Waals surface area contributed by atoms with Gasteiger partial charge in [0, 0.05) is 13.1 Å². The molecule has 0 bridgehead atoms. The van der Waals surface area contributed by atoms with E-state index >= 15 is 0 Å². The molecule has 2 rings (SSSR count). The van der Waals surface area contributed by atoms with Gasteiger partial charge in [-0.05, 0) is 36.0 Å². The van der Waals surface area contributed by atoms with Crippen molar-refractivity contribution in [2.24, 2.45) is 16.7 Å². The van der Waals surface area contributed by atoms with E-state index in [-0.39, 0.29) is 17.9 Å². The van der Waals surface area contributed by atoms with Crippen LogP contribution in [-0.4, -0.2) is 30.2 Å². The molecule has 2 aliphatic rings. The molecule has 2 saturated carbocycles. The highest BCUT2D eigenvalue weighted by Crippen LogP contribution is 2.51. The molecule has 5 nitrogen and oxygen atoms in total. The molecule has 1 atom stereocenters. The molecule has 0 aromatic rings. The topological polar surface area (TPSA) is 78.4 Å². The van der Waals surface area contributed by atoms with Crippen LogP contribution in [0.15, 0.2) is 0 Å². The molecular weight excluding hydrogens is 244 g/mol. The average molecular weight is 268 g/mol. The highest BCUT2D eigenvalue weighted by Gasteiger charge is 2.45. The van der Waals surface area contributed by atoms with Crippen molar-refractivity contribution in [2.75, 3.05) is 13.1 Å². The second kappa shape index (κ2) is 5.02. The van der Waals surface area contributed by atoms with E-state index in [0.717, 1.165) is 25.7 Å². The number of rotatable bonds is 6. The molecule has 0 saturated heterocycles. The normalized spacial score (nSPS) is 26.1. The molecule has 0 heterocycles. The summed E-state index contributed by atoms with van der Waals surface area (Å²) < 4.78 is 0. The Kier molecular flexibility index (Phi) is 3.74. The first-order valence-corrected chi connectivity index (χ1v) is 7.07. The van der Waals surface area contributed by atoms with Crippen LogP contribution in [0.2, 0.25) is 0 Å². The molecule has 2 fully saturated rings. The number of carboxylic acids is 1. The Bertz CT molecular complexity index is 375. The van der Waals surface area contributed by atoms with Gasteiger partial charge in [0.1, 0.15) is 0 Å². The fourth-order valence-electron chi connectivity index (χ4n) is 2.88. The maximum absolute atomic E-state index is 11.7. The van der Waals surface area contributed by atoms with Gasteiger partial charge in [0.15, 0.2) is 0 Å². The average Bonchev–Trinajstić information content (AvgIpc) is 2.87. The smallest absolute Gasteiger partial charge is 0.314 e. The zero-order valence-electron chi connectivity index (χ0n) is 11.8. The lowest BCUT2D eigenvalue weighted by molar-refractivity contribution is -0.141. The van der Waals surface area contributed by atoms with E-state index in [1.807, 2.05) is 0 Å². The molecule has 2 aliphatic carbocycles. The predicted octanol–water partition coefficient (Wildman–Crippen LogP) is 1.98. The molecule has 19 heavy (non-hydrogen) atoms. The van der Waals surface area contributed by atoms with Gasteiger partial charge in [-0.2, -0.15) is 0 Å². The van der Waals surface area contributed by atoms with Crippen molar-refractivity contribution in [3.8, 4) is 0 Å². The van der Waals surface area contributed by atoms with Gasteiger partial charge in [0.2, 0.25) is 0 Å². The van der Waals surface area contributed by atoms with Crippen LogP contribution in [0.25, 0.3) is 0 Å². The molecule has 3 N–H and O–H groups in total. The van der Waals surface area contributed by atoms with Gasteiger partial charge in [-0.3, -0.25) is 4.79 Å². The molecule has 2 amide bonds. The molecule has 5 heteroatoms. The zero-order valence-corrected chi connectivity index (χ0v) is 11.8. The van der Waals surface area contributed by atoms with Crippen LogP contribution in [0.1, 0.15) is 46.0 Å². The van der Waals surface area contributed by atoms with Gasteiger partial charge < -0.3 is 15.7 Å². The monoisotopic (exact) mass is 268 g/mol. The Morgan fingerprint density at radius 2 is 1.89 bits per heavy atom. The number of amides is 2. The number of carboxylic acid groups (broad SMARTS) is 1. The number of nitrogens with one attached hydrogen (secondary N) is 2. The third-order valence-corrected chi connectivity index (χ3v) is 4.79. The third kappa shape index (κ3) is 3.61. The number of aliphatic carboxylic acids is 1. The maximum Gasteiger partial charge on any atom is 0.314 e. The number of carbonyl (C=O) groups excluding carboxylic acids is 1. The van der Waals surface area contributed by atoms with Crippen molar-refractivity contribution in [3.63, 3.8) is 0 Å². The molecular formula is C14H24N2O3. The number of carbonyl (C=O) groups is 2. The van der Waals surface area contributed by atoms with Crippen LogP contribution in [0, 0.1) is 16.7 Å². The minimum absolute atomic E-state index is 0.156. The summed E-state index contributed by atoms with van der Waals surface area (Å²) >= 11 is 0. The van der Waals surface area contributed by atoms with Crippen molar-refractivity contribution >= 4 is 12.0 Å². The molecule has 1 unspecified atom stereocenters. The summed E-state index contributed by atoms with van der Waals surface area (Å²) in [5.41, 5.74) is 0.161. The highest BCUT2D eigenvalue weighted by atomic mass is 16.4. The summed E-state index contributed by atoms with van der Waals surface area (Å²) in [6.45, 7) is 5.59. The first-order chi connectivity index (χ1) is 8.83. The zero-order chi connectivity index (χ0) is 14.1. The second-order valence-corrected chi connectivity index (χ2v) is 6.88. The fourth-order valence-corrected chi connectivity index (χ4v) is 2.88. The van der Waals surface area contributed by atoms with Gasteiger partial charge in [-0.25, -0.2) is 4.79 Å². The molecule has 0 aliphatic heterocycles. The lowest BCUT2D eigenvalue weighted by Gasteiger charge is -2.40. The van der Waals surface area contributed by atoms with Crippen LogP contribution >= 0.6 is 0 Å². The van der Waals surface area contributed by atoms with Crippen molar-refractivity contribution in [3.05, 3.63) is 0 Å². The van der Waals surface area contributed by atoms with E-state index in [0.29, 0.717) is 24.4 Å². The summed E-state index contributed by atoms with van der Waals surface area (Å²) in [7, 11) is 0. The Labute approximate surface area is 114 Å². The summed E-state index contributed by atoms with van der Waals surface area (Å²) in [4.78, 5) is 22.5. The van der Waals surface area contributed by atoms with Crippen LogP contribution < -0.4 is 10.6 Å². The first kappa shape index (κ1) is 14.2. The summed E-state index contributed by atoms with van der Waals surface area (Å²) in [6.07, 6.45) is 4.18.